The van der Waals surface area contributed by atoms with Gasteiger partial charge in [-0.05, 0) is 90.8 Å². The first kappa shape index (κ1) is 24.5. The average Bonchev–Trinajstić information content (AvgIpc) is 2.69. The lowest BCUT2D eigenvalue weighted by atomic mass is 9.87. The van der Waals surface area contributed by atoms with Crippen LogP contribution in [0.1, 0.15) is 69.2 Å². The van der Waals surface area contributed by atoms with Crippen LogP contribution in [0.15, 0.2) is 23.3 Å². The monoisotopic (exact) mass is 415 g/mol. The average molecular weight is 416 g/mol. The van der Waals surface area contributed by atoms with Crippen LogP contribution < -0.4 is 10.1 Å². The molecule has 0 saturated carbocycles. The first-order valence-electron chi connectivity index (χ1n) is 11.2. The summed E-state index contributed by atoms with van der Waals surface area (Å²) < 4.78 is 12.4. The second-order valence-electron chi connectivity index (χ2n) is 9.21. The van der Waals surface area contributed by atoms with Crippen LogP contribution in [0.25, 0.3) is 0 Å². The second kappa shape index (κ2) is 11.0. The fourth-order valence-corrected chi connectivity index (χ4v) is 3.87. The third kappa shape index (κ3) is 6.61. The zero-order valence-corrected chi connectivity index (χ0v) is 20.1. The van der Waals surface area contributed by atoms with Crippen LogP contribution in [0.3, 0.4) is 0 Å². The fraction of sp³-hybridized carbons (Fsp3) is 0.615. The molecule has 168 valence electrons. The first-order valence-corrected chi connectivity index (χ1v) is 11.2. The summed E-state index contributed by atoms with van der Waals surface area (Å²) in [5, 5.41) is 13.7. The number of phenolic OH excluding ortho intramolecular Hbond substituents is 1. The molecule has 1 unspecified atom stereocenters. The summed E-state index contributed by atoms with van der Waals surface area (Å²) in [4.78, 5) is 0. The standard InChI is InChI=1S/C26H41NO3/c1-18(2)9-8-10-19(3)12-14-27-15-16-29-17-26(7)13-11-23-22(6)24(28)20(4)21(5)25(23)30-26/h9,12,27-28H,8,10-11,13-17H2,1-7H3/b19-12+. The second-order valence-corrected chi connectivity index (χ2v) is 9.21. The highest BCUT2D eigenvalue weighted by Gasteiger charge is 2.34. The van der Waals surface area contributed by atoms with E-state index in [1.807, 2.05) is 20.8 Å². The van der Waals surface area contributed by atoms with Gasteiger partial charge in [-0.2, -0.15) is 0 Å². The number of rotatable bonds is 10. The summed E-state index contributed by atoms with van der Waals surface area (Å²) in [6, 6.07) is 0. The Labute approximate surface area is 183 Å². The Bertz CT molecular complexity index is 790. The quantitative estimate of drug-likeness (QED) is 0.380. The molecule has 1 heterocycles. The third-order valence-electron chi connectivity index (χ3n) is 6.11. The molecule has 1 atom stereocenters. The summed E-state index contributed by atoms with van der Waals surface area (Å²) >= 11 is 0. The van der Waals surface area contributed by atoms with Gasteiger partial charge in [0.05, 0.1) is 13.2 Å². The van der Waals surface area contributed by atoms with Crippen molar-refractivity contribution in [3.63, 3.8) is 0 Å². The van der Waals surface area contributed by atoms with Crippen LogP contribution >= 0.6 is 0 Å². The summed E-state index contributed by atoms with van der Waals surface area (Å²) in [5.41, 5.74) is 6.52. The zero-order valence-electron chi connectivity index (χ0n) is 20.1. The molecule has 0 fully saturated rings. The van der Waals surface area contributed by atoms with Crippen molar-refractivity contribution >= 4 is 0 Å². The lowest BCUT2D eigenvalue weighted by molar-refractivity contribution is -0.0272. The number of hydrogen-bond donors (Lipinski definition) is 2. The van der Waals surface area contributed by atoms with E-state index in [1.54, 1.807) is 0 Å². The van der Waals surface area contributed by atoms with Gasteiger partial charge in [0.2, 0.25) is 0 Å². The van der Waals surface area contributed by atoms with Gasteiger partial charge in [0.15, 0.2) is 0 Å². The smallest absolute Gasteiger partial charge is 0.130 e. The fourth-order valence-electron chi connectivity index (χ4n) is 3.87. The molecule has 1 aromatic carbocycles. The van der Waals surface area contributed by atoms with Gasteiger partial charge >= 0.3 is 0 Å². The van der Waals surface area contributed by atoms with Crippen LogP contribution in [-0.2, 0) is 11.2 Å². The number of nitrogens with one attached hydrogen (secondary N) is 1. The number of benzene rings is 1. The van der Waals surface area contributed by atoms with Gasteiger partial charge in [0.1, 0.15) is 17.1 Å². The van der Waals surface area contributed by atoms with Crippen molar-refractivity contribution in [1.82, 2.24) is 5.32 Å². The maximum Gasteiger partial charge on any atom is 0.130 e. The van der Waals surface area contributed by atoms with Crippen LogP contribution in [-0.4, -0.2) is 37.0 Å². The predicted octanol–water partition coefficient (Wildman–Crippen LogP) is 5.70. The van der Waals surface area contributed by atoms with E-state index in [9.17, 15) is 5.11 Å². The highest BCUT2D eigenvalue weighted by molar-refractivity contribution is 5.58. The highest BCUT2D eigenvalue weighted by atomic mass is 16.5. The van der Waals surface area contributed by atoms with Crippen molar-refractivity contribution in [3.05, 3.63) is 45.6 Å². The Hall–Kier alpha value is -1.78. The van der Waals surface area contributed by atoms with Gasteiger partial charge in [0, 0.05) is 18.7 Å². The summed E-state index contributed by atoms with van der Waals surface area (Å²) in [5.74, 6) is 1.34. The van der Waals surface area contributed by atoms with Crippen LogP contribution in [0.2, 0.25) is 0 Å². The van der Waals surface area contributed by atoms with Gasteiger partial charge < -0.3 is 19.9 Å². The van der Waals surface area contributed by atoms with Gasteiger partial charge in [-0.1, -0.05) is 23.3 Å². The molecule has 2 rings (SSSR count). The molecule has 30 heavy (non-hydrogen) atoms. The van der Waals surface area contributed by atoms with Crippen molar-refractivity contribution in [2.24, 2.45) is 0 Å². The lowest BCUT2D eigenvalue weighted by Gasteiger charge is -2.37. The number of ether oxygens (including phenoxy) is 2. The van der Waals surface area contributed by atoms with E-state index in [1.165, 1.54) is 11.1 Å². The number of hydrogen-bond acceptors (Lipinski definition) is 4. The van der Waals surface area contributed by atoms with E-state index in [0.29, 0.717) is 19.0 Å². The molecule has 0 amide bonds. The zero-order chi connectivity index (χ0) is 22.3. The van der Waals surface area contributed by atoms with Crippen LogP contribution in [0.4, 0.5) is 0 Å². The molecule has 4 heteroatoms. The van der Waals surface area contributed by atoms with Crippen molar-refractivity contribution in [1.29, 1.82) is 0 Å². The molecule has 0 saturated heterocycles. The minimum atomic E-state index is -0.324. The van der Waals surface area contributed by atoms with E-state index in [4.69, 9.17) is 9.47 Å². The Balaban J connectivity index is 1.74. The molecule has 2 N–H and O–H groups in total. The number of aromatic hydroxyl groups is 1. The molecule has 0 radical (unpaired) electrons. The molecule has 1 aromatic rings. The maximum atomic E-state index is 10.3. The summed E-state index contributed by atoms with van der Waals surface area (Å²) in [6.45, 7) is 17.5. The molecule has 0 spiro atoms. The van der Waals surface area contributed by atoms with Crippen molar-refractivity contribution in [2.45, 2.75) is 79.8 Å². The first-order chi connectivity index (χ1) is 14.1. The molecular formula is C26H41NO3. The molecule has 1 aliphatic heterocycles. The van der Waals surface area contributed by atoms with Crippen molar-refractivity contribution in [2.75, 3.05) is 26.3 Å². The Kier molecular flexibility index (Phi) is 8.99. The Morgan fingerprint density at radius 2 is 1.87 bits per heavy atom. The van der Waals surface area contributed by atoms with Crippen LogP contribution in [0.5, 0.6) is 11.5 Å². The van der Waals surface area contributed by atoms with E-state index >= 15 is 0 Å². The SMILES string of the molecule is CC(C)=CCC/C(C)=C/CNCCOCC1(C)CCc2c(C)c(O)c(C)c(C)c2O1. The van der Waals surface area contributed by atoms with Crippen LogP contribution in [0, 0.1) is 20.8 Å². The van der Waals surface area contributed by atoms with E-state index in [-0.39, 0.29) is 5.60 Å². The van der Waals surface area contributed by atoms with E-state index in [2.05, 4.69) is 45.2 Å². The minimum Gasteiger partial charge on any atom is -0.507 e. The Morgan fingerprint density at radius 3 is 2.57 bits per heavy atom. The van der Waals surface area contributed by atoms with Gasteiger partial charge in [-0.15, -0.1) is 0 Å². The third-order valence-corrected chi connectivity index (χ3v) is 6.11. The largest absolute Gasteiger partial charge is 0.507 e. The maximum absolute atomic E-state index is 10.3. The van der Waals surface area contributed by atoms with E-state index < -0.39 is 0 Å². The van der Waals surface area contributed by atoms with E-state index in [0.717, 1.165) is 66.8 Å². The van der Waals surface area contributed by atoms with Gasteiger partial charge in [-0.3, -0.25) is 0 Å². The molecular weight excluding hydrogens is 374 g/mol. The van der Waals surface area contributed by atoms with Gasteiger partial charge in [0.25, 0.3) is 0 Å². The number of allylic oxidation sites excluding steroid dienone is 3. The number of phenols is 1. The molecule has 0 bridgehead atoms. The van der Waals surface area contributed by atoms with Gasteiger partial charge in [-0.25, -0.2) is 0 Å². The summed E-state index contributed by atoms with van der Waals surface area (Å²) in [7, 11) is 0. The predicted molar refractivity (Wildman–Crippen MR) is 126 cm³/mol. The summed E-state index contributed by atoms with van der Waals surface area (Å²) in [6.07, 6.45) is 8.60. The topological polar surface area (TPSA) is 50.7 Å². The lowest BCUT2D eigenvalue weighted by Crippen LogP contribution is -2.42. The molecule has 1 aliphatic rings. The number of fused-ring (bicyclic) bond motifs is 1. The minimum absolute atomic E-state index is 0.324. The molecule has 4 nitrogen and oxygen atoms in total. The van der Waals surface area contributed by atoms with Crippen molar-refractivity contribution in [3.8, 4) is 11.5 Å². The van der Waals surface area contributed by atoms with Crippen molar-refractivity contribution < 1.29 is 14.6 Å². The highest BCUT2D eigenvalue weighted by Crippen LogP contribution is 2.43. The molecule has 0 aliphatic carbocycles. The Morgan fingerprint density at radius 1 is 1.13 bits per heavy atom. The normalized spacial score (nSPS) is 18.7. The molecule has 0 aromatic heterocycles.